The standard InChI is InChI=1S/C22H26FN5O3S/c1-16-7-3-6-10-20(16)28(14-17-8-4-5-9-19(17)23)32(29,30)18-11-12-21(22(13-18)31-2)27-15-24-25-26-27/h4-5,8-9,11-13,15-16,20H,3,6-7,10,14H2,1-2H3/t16-,20+/m0/s1. The fourth-order valence-corrected chi connectivity index (χ4v) is 6.06. The molecule has 1 saturated carbocycles. The van der Waals surface area contributed by atoms with Gasteiger partial charge in [-0.15, -0.1) is 5.10 Å². The molecule has 1 aliphatic carbocycles. The zero-order valence-corrected chi connectivity index (χ0v) is 18.9. The van der Waals surface area contributed by atoms with E-state index in [1.54, 1.807) is 24.3 Å². The minimum Gasteiger partial charge on any atom is -0.494 e. The lowest BCUT2D eigenvalue weighted by molar-refractivity contribution is 0.184. The van der Waals surface area contributed by atoms with Gasteiger partial charge in [0.25, 0.3) is 0 Å². The number of methoxy groups -OCH3 is 1. The second-order valence-electron chi connectivity index (χ2n) is 8.06. The van der Waals surface area contributed by atoms with Crippen LogP contribution in [0.25, 0.3) is 5.69 Å². The van der Waals surface area contributed by atoms with Crippen molar-refractivity contribution in [3.05, 3.63) is 60.2 Å². The van der Waals surface area contributed by atoms with Crippen LogP contribution in [-0.4, -0.2) is 46.1 Å². The number of hydrogen-bond donors (Lipinski definition) is 0. The SMILES string of the molecule is COc1cc(S(=O)(=O)N(Cc2ccccc2F)[C@@H]2CCCC[C@@H]2C)ccc1-n1cnnn1. The molecule has 2 aromatic carbocycles. The van der Waals surface area contributed by atoms with Gasteiger partial charge >= 0.3 is 0 Å². The molecule has 3 aromatic rings. The predicted molar refractivity (Wildman–Crippen MR) is 116 cm³/mol. The number of tetrazole rings is 1. The van der Waals surface area contributed by atoms with Gasteiger partial charge in [0.1, 0.15) is 23.6 Å². The van der Waals surface area contributed by atoms with Crippen molar-refractivity contribution in [1.82, 2.24) is 24.5 Å². The van der Waals surface area contributed by atoms with Gasteiger partial charge in [0.15, 0.2) is 0 Å². The first-order chi connectivity index (χ1) is 15.4. The number of nitrogens with zero attached hydrogens (tertiary/aromatic N) is 5. The molecule has 0 spiro atoms. The first-order valence-corrected chi connectivity index (χ1v) is 12.0. The van der Waals surface area contributed by atoms with Crippen molar-refractivity contribution in [2.24, 2.45) is 5.92 Å². The Kier molecular flexibility index (Phi) is 6.52. The summed E-state index contributed by atoms with van der Waals surface area (Å²) in [5.41, 5.74) is 0.870. The molecule has 1 aromatic heterocycles. The molecule has 0 amide bonds. The Hall–Kier alpha value is -2.85. The van der Waals surface area contributed by atoms with Gasteiger partial charge in [-0.25, -0.2) is 12.8 Å². The summed E-state index contributed by atoms with van der Waals surface area (Å²) >= 11 is 0. The van der Waals surface area contributed by atoms with Crippen LogP contribution in [0.3, 0.4) is 0 Å². The Morgan fingerprint density at radius 2 is 1.97 bits per heavy atom. The van der Waals surface area contributed by atoms with Crippen molar-refractivity contribution in [1.29, 1.82) is 0 Å². The number of benzene rings is 2. The first kappa shape index (κ1) is 22.3. The molecule has 10 heteroatoms. The van der Waals surface area contributed by atoms with E-state index in [0.717, 1.165) is 25.7 Å². The molecule has 1 fully saturated rings. The molecule has 1 aliphatic rings. The van der Waals surface area contributed by atoms with E-state index in [1.165, 1.54) is 40.6 Å². The molecule has 0 radical (unpaired) electrons. The number of hydrogen-bond acceptors (Lipinski definition) is 6. The molecule has 2 atom stereocenters. The molecule has 0 N–H and O–H groups in total. The van der Waals surface area contributed by atoms with Crippen LogP contribution in [0.5, 0.6) is 5.75 Å². The molecule has 0 bridgehead atoms. The summed E-state index contributed by atoms with van der Waals surface area (Å²) in [5.74, 6) is 0.0800. The summed E-state index contributed by atoms with van der Waals surface area (Å²) in [4.78, 5) is 0.0836. The number of rotatable bonds is 7. The van der Waals surface area contributed by atoms with Crippen LogP contribution < -0.4 is 4.74 Å². The lowest BCUT2D eigenvalue weighted by atomic mass is 9.86. The third-order valence-corrected chi connectivity index (χ3v) is 7.94. The predicted octanol–water partition coefficient (Wildman–Crippen LogP) is 3.58. The second-order valence-corrected chi connectivity index (χ2v) is 9.95. The Labute approximate surface area is 187 Å². The summed E-state index contributed by atoms with van der Waals surface area (Å²) in [5, 5.41) is 11.1. The van der Waals surface area contributed by atoms with Crippen molar-refractivity contribution in [3.63, 3.8) is 0 Å². The molecule has 0 unspecified atom stereocenters. The van der Waals surface area contributed by atoms with E-state index in [0.29, 0.717) is 17.0 Å². The molecule has 1 heterocycles. The Balaban J connectivity index is 1.76. The van der Waals surface area contributed by atoms with E-state index in [-0.39, 0.29) is 23.4 Å². The van der Waals surface area contributed by atoms with Crippen LogP contribution in [0.15, 0.2) is 53.7 Å². The summed E-state index contributed by atoms with van der Waals surface area (Å²) < 4.78 is 50.5. The van der Waals surface area contributed by atoms with Crippen molar-refractivity contribution >= 4 is 10.0 Å². The van der Waals surface area contributed by atoms with E-state index in [4.69, 9.17) is 4.74 Å². The fraction of sp³-hybridized carbons (Fsp3) is 0.409. The third kappa shape index (κ3) is 4.37. The topological polar surface area (TPSA) is 90.2 Å². The average Bonchev–Trinajstić information content (AvgIpc) is 3.33. The van der Waals surface area contributed by atoms with Crippen LogP contribution >= 0.6 is 0 Å². The van der Waals surface area contributed by atoms with Gasteiger partial charge in [-0.05, 0) is 47.4 Å². The lowest BCUT2D eigenvalue weighted by Gasteiger charge is -2.38. The normalized spacial score (nSPS) is 19.2. The maximum Gasteiger partial charge on any atom is 0.243 e. The highest BCUT2D eigenvalue weighted by atomic mass is 32.2. The van der Waals surface area contributed by atoms with Gasteiger partial charge in [0, 0.05) is 24.2 Å². The van der Waals surface area contributed by atoms with Gasteiger partial charge in [0.05, 0.1) is 12.0 Å². The molecular formula is C22H26FN5O3S. The fourth-order valence-electron chi connectivity index (χ4n) is 4.31. The van der Waals surface area contributed by atoms with Crippen LogP contribution in [0.2, 0.25) is 0 Å². The molecule has 0 aliphatic heterocycles. The van der Waals surface area contributed by atoms with Crippen LogP contribution in [-0.2, 0) is 16.6 Å². The van der Waals surface area contributed by atoms with E-state index in [1.807, 2.05) is 0 Å². The summed E-state index contributed by atoms with van der Waals surface area (Å²) in [6.07, 6.45) is 5.10. The number of halogens is 1. The highest BCUT2D eigenvalue weighted by molar-refractivity contribution is 7.89. The van der Waals surface area contributed by atoms with Gasteiger partial charge < -0.3 is 4.74 Å². The second kappa shape index (κ2) is 9.33. The highest BCUT2D eigenvalue weighted by Gasteiger charge is 2.36. The van der Waals surface area contributed by atoms with E-state index < -0.39 is 15.8 Å². The summed E-state index contributed by atoms with van der Waals surface area (Å²) in [7, 11) is -2.48. The van der Waals surface area contributed by atoms with Crippen LogP contribution in [0, 0.1) is 11.7 Å². The minimum absolute atomic E-state index is 0.0267. The molecule has 0 saturated heterocycles. The monoisotopic (exact) mass is 459 g/mol. The number of sulfonamides is 1. The average molecular weight is 460 g/mol. The molecule has 8 nitrogen and oxygen atoms in total. The van der Waals surface area contributed by atoms with E-state index in [2.05, 4.69) is 22.4 Å². The highest BCUT2D eigenvalue weighted by Crippen LogP contribution is 2.35. The Morgan fingerprint density at radius 3 is 2.66 bits per heavy atom. The zero-order valence-electron chi connectivity index (χ0n) is 18.1. The van der Waals surface area contributed by atoms with Crippen molar-refractivity contribution in [2.45, 2.75) is 50.1 Å². The van der Waals surface area contributed by atoms with E-state index in [9.17, 15) is 12.8 Å². The van der Waals surface area contributed by atoms with Crippen molar-refractivity contribution in [2.75, 3.05) is 7.11 Å². The quantitative estimate of drug-likeness (QED) is 0.536. The number of ether oxygens (including phenoxy) is 1. The van der Waals surface area contributed by atoms with Crippen LogP contribution in [0.4, 0.5) is 4.39 Å². The van der Waals surface area contributed by atoms with Crippen LogP contribution in [0.1, 0.15) is 38.2 Å². The Morgan fingerprint density at radius 1 is 1.19 bits per heavy atom. The first-order valence-electron chi connectivity index (χ1n) is 10.6. The zero-order chi connectivity index (χ0) is 22.7. The Bertz CT molecular complexity index is 1170. The molecule has 32 heavy (non-hydrogen) atoms. The largest absolute Gasteiger partial charge is 0.494 e. The maximum atomic E-state index is 14.5. The van der Waals surface area contributed by atoms with E-state index >= 15 is 0 Å². The van der Waals surface area contributed by atoms with Gasteiger partial charge in [0.2, 0.25) is 10.0 Å². The molecule has 4 rings (SSSR count). The van der Waals surface area contributed by atoms with Gasteiger partial charge in [-0.3, -0.25) is 0 Å². The molecular weight excluding hydrogens is 433 g/mol. The maximum absolute atomic E-state index is 14.5. The number of aromatic nitrogens is 4. The third-order valence-electron chi connectivity index (χ3n) is 6.07. The van der Waals surface area contributed by atoms with Crippen molar-refractivity contribution in [3.8, 4) is 11.4 Å². The van der Waals surface area contributed by atoms with Gasteiger partial charge in [-0.1, -0.05) is 38.0 Å². The smallest absolute Gasteiger partial charge is 0.243 e. The molecule has 170 valence electrons. The summed E-state index contributed by atoms with van der Waals surface area (Å²) in [6.45, 7) is 2.04. The lowest BCUT2D eigenvalue weighted by Crippen LogP contribution is -2.44. The van der Waals surface area contributed by atoms with Gasteiger partial charge in [-0.2, -0.15) is 8.99 Å². The summed E-state index contributed by atoms with van der Waals surface area (Å²) in [6, 6.07) is 10.7. The van der Waals surface area contributed by atoms with Crippen molar-refractivity contribution < 1.29 is 17.5 Å². The minimum atomic E-state index is -3.94.